The topological polar surface area (TPSA) is 98.8 Å². The number of nitrogens with two attached hydrogens (primary N) is 1. The van der Waals surface area contributed by atoms with Crippen LogP contribution in [0.4, 0.5) is 5.82 Å². The molecule has 0 amide bonds. The lowest BCUT2D eigenvalue weighted by atomic mass is 10.2. The number of hydrogen-bond acceptors (Lipinski definition) is 7. The van der Waals surface area contributed by atoms with Crippen LogP contribution in [-0.4, -0.2) is 29.6 Å². The van der Waals surface area contributed by atoms with E-state index in [9.17, 15) is 8.42 Å². The van der Waals surface area contributed by atoms with Crippen molar-refractivity contribution >= 4 is 37.2 Å². The molecule has 0 spiro atoms. The lowest BCUT2D eigenvalue weighted by Crippen LogP contribution is -2.09. The zero-order chi connectivity index (χ0) is 15.2. The molecule has 2 aromatic heterocycles. The molecule has 6 nitrogen and oxygen atoms in total. The third-order valence-corrected chi connectivity index (χ3v) is 4.84. The van der Waals surface area contributed by atoms with E-state index in [-0.39, 0.29) is 11.0 Å². The summed E-state index contributed by atoms with van der Waals surface area (Å²) in [6, 6.07) is 7.72. The first-order valence-corrected chi connectivity index (χ1v) is 8.77. The molecule has 0 atom stereocenters. The van der Waals surface area contributed by atoms with Gasteiger partial charge in [-0.25, -0.2) is 23.4 Å². The number of anilines is 1. The summed E-state index contributed by atoms with van der Waals surface area (Å²) in [5.41, 5.74) is 7.88. The van der Waals surface area contributed by atoms with E-state index in [1.165, 1.54) is 11.3 Å². The normalized spacial score (nSPS) is 11.9. The molecule has 8 heteroatoms. The van der Waals surface area contributed by atoms with Crippen molar-refractivity contribution in [1.29, 1.82) is 0 Å². The van der Waals surface area contributed by atoms with Gasteiger partial charge in [-0.15, -0.1) is 11.3 Å². The van der Waals surface area contributed by atoms with E-state index < -0.39 is 9.84 Å². The van der Waals surface area contributed by atoms with Crippen LogP contribution in [0.3, 0.4) is 0 Å². The van der Waals surface area contributed by atoms with E-state index >= 15 is 0 Å². The summed E-state index contributed by atoms with van der Waals surface area (Å²) in [6.45, 7) is 1.70. The molecule has 1 aromatic carbocycles. The molecule has 0 radical (unpaired) electrons. The van der Waals surface area contributed by atoms with Gasteiger partial charge >= 0.3 is 0 Å². The van der Waals surface area contributed by atoms with Crippen LogP contribution in [-0.2, 0) is 9.84 Å². The summed E-state index contributed by atoms with van der Waals surface area (Å²) < 4.78 is 24.1. The predicted molar refractivity (Wildman–Crippen MR) is 82.9 cm³/mol. The van der Waals surface area contributed by atoms with Crippen molar-refractivity contribution in [3.05, 3.63) is 30.0 Å². The third-order valence-electron chi connectivity index (χ3n) is 2.94. The number of thiazole rings is 1. The molecule has 0 saturated heterocycles. The largest absolute Gasteiger partial charge is 0.383 e. The Labute approximate surface area is 125 Å². The van der Waals surface area contributed by atoms with Gasteiger partial charge in [-0.3, -0.25) is 0 Å². The first kappa shape index (κ1) is 13.9. The first-order chi connectivity index (χ1) is 9.86. The van der Waals surface area contributed by atoms with Gasteiger partial charge in [0.1, 0.15) is 10.8 Å². The maximum Gasteiger partial charge on any atom is 0.249 e. The molecule has 21 heavy (non-hydrogen) atoms. The zero-order valence-corrected chi connectivity index (χ0v) is 13.0. The van der Waals surface area contributed by atoms with E-state index in [1.54, 1.807) is 6.92 Å². The van der Waals surface area contributed by atoms with Crippen LogP contribution in [0.25, 0.3) is 20.8 Å². The molecular formula is C13H12N4O2S2. The second-order valence-electron chi connectivity index (χ2n) is 4.61. The number of nitrogens with zero attached hydrogens (tertiary/aromatic N) is 3. The molecule has 0 unspecified atom stereocenters. The smallest absolute Gasteiger partial charge is 0.249 e. The molecule has 0 saturated carbocycles. The Morgan fingerprint density at radius 3 is 2.48 bits per heavy atom. The Bertz CT molecular complexity index is 892. The summed E-state index contributed by atoms with van der Waals surface area (Å²) >= 11 is 1.47. The summed E-state index contributed by atoms with van der Waals surface area (Å²) in [4.78, 5) is 12.4. The SMILES string of the molecule is Cc1nc(S(C)(=O)=O)nc(N)c1-c1nc2ccccc2s1. The van der Waals surface area contributed by atoms with E-state index in [4.69, 9.17) is 5.73 Å². The van der Waals surface area contributed by atoms with E-state index in [1.807, 2.05) is 24.3 Å². The number of fused-ring (bicyclic) bond motifs is 1. The van der Waals surface area contributed by atoms with Crippen molar-refractivity contribution in [1.82, 2.24) is 15.0 Å². The summed E-state index contributed by atoms with van der Waals surface area (Å²) in [7, 11) is -3.49. The van der Waals surface area contributed by atoms with Crippen molar-refractivity contribution in [2.24, 2.45) is 0 Å². The number of aryl methyl sites for hydroxylation is 1. The van der Waals surface area contributed by atoms with E-state index in [2.05, 4.69) is 15.0 Å². The number of benzene rings is 1. The van der Waals surface area contributed by atoms with Crippen molar-refractivity contribution in [3.8, 4) is 10.6 Å². The number of nitrogen functional groups attached to an aromatic ring is 1. The lowest BCUT2D eigenvalue weighted by Gasteiger charge is -2.07. The van der Waals surface area contributed by atoms with Gasteiger partial charge in [-0.05, 0) is 19.1 Å². The molecule has 0 aliphatic rings. The van der Waals surface area contributed by atoms with Crippen LogP contribution in [0.5, 0.6) is 0 Å². The van der Waals surface area contributed by atoms with Gasteiger partial charge in [0.05, 0.1) is 21.5 Å². The Morgan fingerprint density at radius 1 is 1.14 bits per heavy atom. The van der Waals surface area contributed by atoms with Crippen molar-refractivity contribution in [2.75, 3.05) is 12.0 Å². The number of rotatable bonds is 2. The highest BCUT2D eigenvalue weighted by Gasteiger charge is 2.19. The minimum atomic E-state index is -3.49. The van der Waals surface area contributed by atoms with Gasteiger partial charge in [-0.2, -0.15) is 0 Å². The first-order valence-electron chi connectivity index (χ1n) is 6.06. The predicted octanol–water partition coefficient (Wildman–Crippen LogP) is 2.05. The fourth-order valence-electron chi connectivity index (χ4n) is 1.98. The molecule has 0 fully saturated rings. The minimum absolute atomic E-state index is 0.127. The minimum Gasteiger partial charge on any atom is -0.383 e. The molecule has 3 aromatic rings. The van der Waals surface area contributed by atoms with E-state index in [0.717, 1.165) is 16.5 Å². The highest BCUT2D eigenvalue weighted by atomic mass is 32.2. The lowest BCUT2D eigenvalue weighted by molar-refractivity contribution is 0.592. The molecule has 2 N–H and O–H groups in total. The van der Waals surface area contributed by atoms with Gasteiger partial charge in [0, 0.05) is 6.26 Å². The van der Waals surface area contributed by atoms with Gasteiger partial charge in [-0.1, -0.05) is 12.1 Å². The van der Waals surface area contributed by atoms with Crippen molar-refractivity contribution < 1.29 is 8.42 Å². The highest BCUT2D eigenvalue weighted by Crippen LogP contribution is 2.34. The molecule has 108 valence electrons. The Balaban J connectivity index is 2.23. The standard InChI is InChI=1S/C13H12N4O2S2/c1-7-10(11(14)17-13(15-7)21(2,18)19)12-16-8-5-3-4-6-9(8)20-12/h3-6H,1-2H3,(H2,14,15,17). The van der Waals surface area contributed by atoms with Gasteiger partial charge in [0.15, 0.2) is 0 Å². The number of sulfone groups is 1. The third kappa shape index (κ3) is 2.47. The molecule has 0 aliphatic carbocycles. The number of hydrogen-bond donors (Lipinski definition) is 1. The van der Waals surface area contributed by atoms with Gasteiger partial charge in [0.2, 0.25) is 15.0 Å². The van der Waals surface area contributed by atoms with Crippen LogP contribution in [0.2, 0.25) is 0 Å². The maximum absolute atomic E-state index is 11.5. The molecule has 0 aliphatic heterocycles. The second kappa shape index (κ2) is 4.74. The highest BCUT2D eigenvalue weighted by molar-refractivity contribution is 7.90. The summed E-state index contributed by atoms with van der Waals surface area (Å²) in [6.07, 6.45) is 1.05. The monoisotopic (exact) mass is 320 g/mol. The fourth-order valence-corrected chi connectivity index (χ4v) is 3.62. The van der Waals surface area contributed by atoms with Crippen molar-refractivity contribution in [3.63, 3.8) is 0 Å². The Morgan fingerprint density at radius 2 is 1.86 bits per heavy atom. The Kier molecular flexibility index (Phi) is 3.14. The molecule has 2 heterocycles. The summed E-state index contributed by atoms with van der Waals surface area (Å²) in [5.74, 6) is 0.127. The average Bonchev–Trinajstić information content (AvgIpc) is 2.79. The quantitative estimate of drug-likeness (QED) is 0.726. The average molecular weight is 320 g/mol. The number of aromatic nitrogens is 3. The van der Waals surface area contributed by atoms with Crippen LogP contribution in [0.1, 0.15) is 5.69 Å². The van der Waals surface area contributed by atoms with Crippen LogP contribution < -0.4 is 5.73 Å². The second-order valence-corrected chi connectivity index (χ2v) is 7.55. The maximum atomic E-state index is 11.5. The van der Waals surface area contributed by atoms with Crippen LogP contribution in [0.15, 0.2) is 29.4 Å². The van der Waals surface area contributed by atoms with E-state index in [0.29, 0.717) is 16.3 Å². The van der Waals surface area contributed by atoms with Gasteiger partial charge in [0.25, 0.3) is 0 Å². The molecule has 3 rings (SSSR count). The van der Waals surface area contributed by atoms with Crippen LogP contribution >= 0.6 is 11.3 Å². The Hall–Kier alpha value is -2.06. The number of para-hydroxylation sites is 1. The van der Waals surface area contributed by atoms with Crippen LogP contribution in [0, 0.1) is 6.92 Å². The molecule has 0 bridgehead atoms. The van der Waals surface area contributed by atoms with Gasteiger partial charge < -0.3 is 5.73 Å². The zero-order valence-electron chi connectivity index (χ0n) is 11.4. The fraction of sp³-hybridized carbons (Fsp3) is 0.154. The molecular weight excluding hydrogens is 308 g/mol. The van der Waals surface area contributed by atoms with Crippen molar-refractivity contribution in [2.45, 2.75) is 12.1 Å². The summed E-state index contributed by atoms with van der Waals surface area (Å²) in [5, 5.41) is 0.425.